The number of carbonyl (C=O) groups excluding carboxylic acids is 1. The Morgan fingerprint density at radius 1 is 1.12 bits per heavy atom. The number of rotatable bonds is 5. The third-order valence-electron chi connectivity index (χ3n) is 6.76. The van der Waals surface area contributed by atoms with Crippen molar-refractivity contribution in [2.45, 2.75) is 51.5 Å². The summed E-state index contributed by atoms with van der Waals surface area (Å²) in [6.45, 7) is 7.22. The predicted octanol–water partition coefficient (Wildman–Crippen LogP) is 3.19. The fourth-order valence-corrected chi connectivity index (χ4v) is 4.96. The molecule has 1 amide bonds. The number of amides is 1. The number of carbonyl (C=O) groups is 1. The number of fused-ring (bicyclic) bond motifs is 1. The Morgan fingerprint density at radius 3 is 2.75 bits per heavy atom. The molecule has 0 unspecified atom stereocenters. The van der Waals surface area contributed by atoms with Crippen LogP contribution >= 0.6 is 0 Å². The molecule has 32 heavy (non-hydrogen) atoms. The lowest BCUT2D eigenvalue weighted by Gasteiger charge is -2.34. The van der Waals surface area contributed by atoms with Gasteiger partial charge in [0.2, 0.25) is 5.91 Å². The molecular weight excluding hydrogens is 402 g/mol. The highest BCUT2D eigenvalue weighted by Crippen LogP contribution is 2.33. The molecule has 7 heteroatoms. The third-order valence-corrected chi connectivity index (χ3v) is 6.76. The van der Waals surface area contributed by atoms with Crippen LogP contribution in [0.5, 0.6) is 0 Å². The molecule has 0 aliphatic carbocycles. The number of ether oxygens (including phenoxy) is 1. The molecule has 0 bridgehead atoms. The highest BCUT2D eigenvalue weighted by Gasteiger charge is 2.31. The fourth-order valence-electron chi connectivity index (χ4n) is 4.96. The van der Waals surface area contributed by atoms with Gasteiger partial charge in [-0.05, 0) is 63.4 Å². The Morgan fingerprint density at radius 2 is 2.00 bits per heavy atom. The molecule has 0 atom stereocenters. The highest BCUT2D eigenvalue weighted by molar-refractivity contribution is 5.95. The molecule has 3 aliphatic heterocycles. The van der Waals surface area contributed by atoms with Gasteiger partial charge in [-0.15, -0.1) is 0 Å². The van der Waals surface area contributed by atoms with Gasteiger partial charge in [-0.25, -0.2) is 9.97 Å². The quantitative estimate of drug-likeness (QED) is 0.675. The van der Waals surface area contributed by atoms with E-state index in [4.69, 9.17) is 14.7 Å². The van der Waals surface area contributed by atoms with Crippen LogP contribution in [-0.4, -0.2) is 58.6 Å². The Kier molecular flexibility index (Phi) is 6.28. The minimum Gasteiger partial charge on any atom is -0.377 e. The van der Waals surface area contributed by atoms with E-state index in [1.165, 1.54) is 5.57 Å². The van der Waals surface area contributed by atoms with Crippen LogP contribution in [0.4, 0.5) is 5.82 Å². The molecule has 1 saturated heterocycles. The van der Waals surface area contributed by atoms with Crippen molar-refractivity contribution in [1.29, 1.82) is 0 Å². The SMILES string of the molecule is Cc1nc(C2CCN(CC3=CCCOC3)CC2)nc2c1CCC(=O)N2Cc1ccccn1. The number of hydrogen-bond donors (Lipinski definition) is 0. The number of aromatic nitrogens is 3. The zero-order chi connectivity index (χ0) is 21.9. The van der Waals surface area contributed by atoms with Gasteiger partial charge in [-0.2, -0.15) is 0 Å². The Balaban J connectivity index is 1.32. The Hall–Kier alpha value is -2.64. The van der Waals surface area contributed by atoms with Crippen LogP contribution in [0, 0.1) is 6.92 Å². The average molecular weight is 434 g/mol. The minimum atomic E-state index is 0.116. The van der Waals surface area contributed by atoms with Gasteiger partial charge in [-0.3, -0.25) is 19.6 Å². The van der Waals surface area contributed by atoms with Gasteiger partial charge in [0.25, 0.3) is 0 Å². The zero-order valence-corrected chi connectivity index (χ0v) is 18.8. The molecular formula is C25H31N5O2. The van der Waals surface area contributed by atoms with Gasteiger partial charge in [0, 0.05) is 36.3 Å². The number of piperidine rings is 1. The van der Waals surface area contributed by atoms with Crippen molar-refractivity contribution in [2.24, 2.45) is 0 Å². The van der Waals surface area contributed by atoms with Gasteiger partial charge < -0.3 is 4.74 Å². The van der Waals surface area contributed by atoms with Crippen LogP contribution in [0.1, 0.15) is 54.4 Å². The molecule has 7 nitrogen and oxygen atoms in total. The molecule has 0 spiro atoms. The lowest BCUT2D eigenvalue weighted by Crippen LogP contribution is -2.38. The van der Waals surface area contributed by atoms with Gasteiger partial charge in [0.05, 0.1) is 25.5 Å². The number of hydrogen-bond acceptors (Lipinski definition) is 6. The number of aryl methyl sites for hydroxylation is 1. The van der Waals surface area contributed by atoms with Crippen molar-refractivity contribution >= 4 is 11.7 Å². The standard InChI is InChI=1S/C25H31N5O2/c1-18-22-7-8-23(31)30(16-21-6-2-3-11-26-21)25(22)28-24(27-18)20-9-12-29(13-10-20)15-19-5-4-14-32-17-19/h2-3,5-6,11,20H,4,7-10,12-17H2,1H3. The summed E-state index contributed by atoms with van der Waals surface area (Å²) in [5, 5.41) is 0. The minimum absolute atomic E-state index is 0.116. The predicted molar refractivity (Wildman–Crippen MR) is 122 cm³/mol. The van der Waals surface area contributed by atoms with E-state index < -0.39 is 0 Å². The fraction of sp³-hybridized carbons (Fsp3) is 0.520. The van der Waals surface area contributed by atoms with E-state index in [-0.39, 0.29) is 5.91 Å². The zero-order valence-electron chi connectivity index (χ0n) is 18.8. The molecule has 168 valence electrons. The number of likely N-dealkylation sites (tertiary alicyclic amines) is 1. The second-order valence-electron chi connectivity index (χ2n) is 9.02. The van der Waals surface area contributed by atoms with E-state index >= 15 is 0 Å². The van der Waals surface area contributed by atoms with Crippen molar-refractivity contribution in [1.82, 2.24) is 19.9 Å². The molecule has 2 aromatic heterocycles. The number of anilines is 1. The van der Waals surface area contributed by atoms with Crippen LogP contribution in [-0.2, 0) is 22.5 Å². The second kappa shape index (κ2) is 9.46. The summed E-state index contributed by atoms with van der Waals surface area (Å²) in [6.07, 6.45) is 8.43. The van der Waals surface area contributed by atoms with E-state index in [1.807, 2.05) is 23.1 Å². The molecule has 2 aromatic rings. The van der Waals surface area contributed by atoms with Crippen molar-refractivity contribution in [3.8, 4) is 0 Å². The molecule has 0 radical (unpaired) electrons. The monoisotopic (exact) mass is 433 g/mol. The van der Waals surface area contributed by atoms with E-state index in [2.05, 4.69) is 22.9 Å². The van der Waals surface area contributed by atoms with Crippen molar-refractivity contribution in [2.75, 3.05) is 37.7 Å². The van der Waals surface area contributed by atoms with Crippen LogP contribution in [0.3, 0.4) is 0 Å². The number of nitrogens with zero attached hydrogens (tertiary/aromatic N) is 5. The van der Waals surface area contributed by atoms with Crippen molar-refractivity contribution in [3.05, 3.63) is 58.8 Å². The van der Waals surface area contributed by atoms with Gasteiger partial charge in [0.1, 0.15) is 11.6 Å². The maximum atomic E-state index is 12.8. The normalized spacial score (nSPS) is 20.2. The lowest BCUT2D eigenvalue weighted by atomic mass is 9.94. The molecule has 3 aliphatic rings. The van der Waals surface area contributed by atoms with Gasteiger partial charge in [0.15, 0.2) is 0 Å². The smallest absolute Gasteiger partial charge is 0.228 e. The molecule has 0 N–H and O–H groups in total. The van der Waals surface area contributed by atoms with Crippen molar-refractivity contribution in [3.63, 3.8) is 0 Å². The summed E-state index contributed by atoms with van der Waals surface area (Å²) in [4.78, 5) is 31.4. The van der Waals surface area contributed by atoms with Gasteiger partial charge >= 0.3 is 0 Å². The molecule has 5 heterocycles. The maximum Gasteiger partial charge on any atom is 0.228 e. The first-order chi connectivity index (χ1) is 15.7. The largest absolute Gasteiger partial charge is 0.377 e. The maximum absolute atomic E-state index is 12.8. The van der Waals surface area contributed by atoms with E-state index in [0.29, 0.717) is 25.3 Å². The van der Waals surface area contributed by atoms with Crippen LogP contribution in [0.15, 0.2) is 36.0 Å². The first-order valence-electron chi connectivity index (χ1n) is 11.7. The summed E-state index contributed by atoms with van der Waals surface area (Å²) in [6, 6.07) is 5.81. The third kappa shape index (κ3) is 4.59. The van der Waals surface area contributed by atoms with E-state index in [9.17, 15) is 4.79 Å². The second-order valence-corrected chi connectivity index (χ2v) is 9.02. The Labute approximate surface area is 189 Å². The topological polar surface area (TPSA) is 71.5 Å². The summed E-state index contributed by atoms with van der Waals surface area (Å²) >= 11 is 0. The summed E-state index contributed by atoms with van der Waals surface area (Å²) in [7, 11) is 0. The molecule has 5 rings (SSSR count). The molecule has 0 aromatic carbocycles. The van der Waals surface area contributed by atoms with Crippen LogP contribution in [0.25, 0.3) is 0 Å². The highest BCUT2D eigenvalue weighted by atomic mass is 16.5. The van der Waals surface area contributed by atoms with Crippen molar-refractivity contribution < 1.29 is 9.53 Å². The molecule has 1 fully saturated rings. The summed E-state index contributed by atoms with van der Waals surface area (Å²) in [5.41, 5.74) is 4.39. The van der Waals surface area contributed by atoms with E-state index in [0.717, 1.165) is 80.7 Å². The molecule has 0 saturated carbocycles. The first kappa shape index (κ1) is 21.2. The van der Waals surface area contributed by atoms with Crippen LogP contribution < -0.4 is 4.90 Å². The lowest BCUT2D eigenvalue weighted by molar-refractivity contribution is -0.119. The summed E-state index contributed by atoms with van der Waals surface area (Å²) in [5.74, 6) is 2.13. The van der Waals surface area contributed by atoms with Crippen LogP contribution in [0.2, 0.25) is 0 Å². The summed E-state index contributed by atoms with van der Waals surface area (Å²) < 4.78 is 5.59. The Bertz CT molecular complexity index is 999. The van der Waals surface area contributed by atoms with Gasteiger partial charge in [-0.1, -0.05) is 12.1 Å². The first-order valence-corrected chi connectivity index (χ1v) is 11.7. The average Bonchev–Trinajstić information content (AvgIpc) is 2.83. The number of pyridine rings is 1. The van der Waals surface area contributed by atoms with E-state index in [1.54, 1.807) is 6.20 Å².